The van der Waals surface area contributed by atoms with E-state index in [0.29, 0.717) is 23.6 Å². The lowest BCUT2D eigenvalue weighted by Gasteiger charge is -2.54. The van der Waals surface area contributed by atoms with Crippen LogP contribution in [-0.2, 0) is 0 Å². The summed E-state index contributed by atoms with van der Waals surface area (Å²) in [6, 6.07) is 10.7. The van der Waals surface area contributed by atoms with Gasteiger partial charge in [0.05, 0.1) is 11.9 Å². The molecule has 2 aromatic rings. The molecular formula is C24H30N4O2. The molecule has 30 heavy (non-hydrogen) atoms. The molecule has 0 spiro atoms. The van der Waals surface area contributed by atoms with Crippen LogP contribution in [0.1, 0.15) is 51.4 Å². The molecule has 4 bridgehead atoms. The van der Waals surface area contributed by atoms with Gasteiger partial charge in [-0.3, -0.25) is 0 Å². The Labute approximate surface area is 177 Å². The molecule has 0 aliphatic heterocycles. The minimum Gasteiger partial charge on any atom is -0.405 e. The van der Waals surface area contributed by atoms with E-state index in [1.165, 1.54) is 38.5 Å². The maximum Gasteiger partial charge on any atom is 0.413 e. The molecule has 1 aromatic carbocycles. The van der Waals surface area contributed by atoms with E-state index in [9.17, 15) is 4.79 Å². The number of nitrogens with zero attached hydrogens (tertiary/aromatic N) is 2. The first-order valence-electron chi connectivity index (χ1n) is 11.6. The number of para-hydroxylation sites is 1. The van der Waals surface area contributed by atoms with Crippen LogP contribution in [0.4, 0.5) is 10.6 Å². The third-order valence-electron chi connectivity index (χ3n) is 7.90. The van der Waals surface area contributed by atoms with Crippen LogP contribution in [0.5, 0.6) is 5.75 Å². The normalized spacial score (nSPS) is 31.9. The van der Waals surface area contributed by atoms with E-state index in [1.807, 2.05) is 35.0 Å². The lowest BCUT2D eigenvalue weighted by atomic mass is 9.54. The number of hydrogen-bond acceptors (Lipinski definition) is 4. The molecule has 5 fully saturated rings. The van der Waals surface area contributed by atoms with Crippen molar-refractivity contribution in [2.24, 2.45) is 23.7 Å². The monoisotopic (exact) mass is 406 g/mol. The second kappa shape index (κ2) is 7.33. The fraction of sp³-hybridized carbons (Fsp3) is 0.583. The number of carbonyl (C=O) groups excluding carboxylic acids is 1. The predicted octanol–water partition coefficient (Wildman–Crippen LogP) is 4.75. The molecular weight excluding hydrogens is 376 g/mol. The zero-order valence-electron chi connectivity index (χ0n) is 17.3. The summed E-state index contributed by atoms with van der Waals surface area (Å²) in [4.78, 5) is 12.9. The van der Waals surface area contributed by atoms with Crippen LogP contribution in [-0.4, -0.2) is 28.0 Å². The highest BCUT2D eigenvalue weighted by molar-refractivity contribution is 5.73. The number of hydrogen-bond donors (Lipinski definition) is 2. The first-order chi connectivity index (χ1) is 14.7. The lowest BCUT2D eigenvalue weighted by Crippen LogP contribution is -2.56. The van der Waals surface area contributed by atoms with E-state index >= 15 is 0 Å². The van der Waals surface area contributed by atoms with Gasteiger partial charge in [-0.1, -0.05) is 18.2 Å². The van der Waals surface area contributed by atoms with Gasteiger partial charge in [0.15, 0.2) is 11.6 Å². The van der Waals surface area contributed by atoms with Crippen LogP contribution in [0, 0.1) is 23.7 Å². The second-order valence-corrected chi connectivity index (χ2v) is 9.87. The van der Waals surface area contributed by atoms with Crippen LogP contribution in [0.15, 0.2) is 36.5 Å². The molecule has 0 unspecified atom stereocenters. The van der Waals surface area contributed by atoms with Crippen molar-refractivity contribution in [3.8, 4) is 11.4 Å². The first-order valence-corrected chi connectivity index (χ1v) is 11.6. The highest BCUT2D eigenvalue weighted by Gasteiger charge is 2.48. The Morgan fingerprint density at radius 3 is 2.33 bits per heavy atom. The van der Waals surface area contributed by atoms with Gasteiger partial charge in [0, 0.05) is 12.1 Å². The summed E-state index contributed by atoms with van der Waals surface area (Å²) in [5.74, 6) is 4.33. The van der Waals surface area contributed by atoms with Crippen molar-refractivity contribution >= 4 is 11.9 Å². The quantitative estimate of drug-likeness (QED) is 0.752. The number of aromatic nitrogens is 2. The average molecular weight is 407 g/mol. The summed E-state index contributed by atoms with van der Waals surface area (Å²) in [6.45, 7) is 0. The van der Waals surface area contributed by atoms with Gasteiger partial charge in [0.25, 0.3) is 0 Å². The van der Waals surface area contributed by atoms with Crippen LogP contribution in [0.3, 0.4) is 0 Å². The average Bonchev–Trinajstić information content (AvgIpc) is 3.10. The minimum atomic E-state index is -0.336. The Bertz CT molecular complexity index is 893. The van der Waals surface area contributed by atoms with Crippen molar-refractivity contribution in [2.75, 3.05) is 5.32 Å². The molecule has 0 radical (unpaired) electrons. The van der Waals surface area contributed by atoms with Crippen molar-refractivity contribution in [1.82, 2.24) is 15.1 Å². The van der Waals surface area contributed by atoms with Crippen LogP contribution in [0.2, 0.25) is 0 Å². The summed E-state index contributed by atoms with van der Waals surface area (Å²) in [5, 5.41) is 11.3. The number of benzene rings is 1. The van der Waals surface area contributed by atoms with Gasteiger partial charge in [-0.05, 0) is 87.2 Å². The summed E-state index contributed by atoms with van der Waals surface area (Å²) >= 11 is 0. The van der Waals surface area contributed by atoms with Gasteiger partial charge in [0.1, 0.15) is 0 Å². The SMILES string of the molecule is O=C(NC1C2CC3CC(C2)CC1C3)Oc1cnn(-c2ccccc2)c1NC1CCC1. The minimum absolute atomic E-state index is 0.275. The van der Waals surface area contributed by atoms with Crippen molar-refractivity contribution < 1.29 is 9.53 Å². The van der Waals surface area contributed by atoms with Gasteiger partial charge in [-0.15, -0.1) is 0 Å². The molecule has 1 aromatic heterocycles. The predicted molar refractivity (Wildman–Crippen MR) is 115 cm³/mol. The second-order valence-electron chi connectivity index (χ2n) is 9.87. The van der Waals surface area contributed by atoms with E-state index in [2.05, 4.69) is 15.7 Å². The molecule has 0 atom stereocenters. The third kappa shape index (κ3) is 3.26. The lowest BCUT2D eigenvalue weighted by molar-refractivity contribution is -0.0114. The largest absolute Gasteiger partial charge is 0.413 e. The van der Waals surface area contributed by atoms with E-state index in [4.69, 9.17) is 4.74 Å². The van der Waals surface area contributed by atoms with Crippen LogP contribution in [0.25, 0.3) is 5.69 Å². The van der Waals surface area contributed by atoms with Crippen molar-refractivity contribution in [3.63, 3.8) is 0 Å². The summed E-state index contributed by atoms with van der Waals surface area (Å²) < 4.78 is 7.66. The van der Waals surface area contributed by atoms with Gasteiger partial charge in [-0.2, -0.15) is 5.10 Å². The zero-order valence-corrected chi connectivity index (χ0v) is 17.3. The van der Waals surface area contributed by atoms with E-state index in [-0.39, 0.29) is 12.1 Å². The van der Waals surface area contributed by atoms with Crippen molar-refractivity contribution in [1.29, 1.82) is 0 Å². The maximum atomic E-state index is 12.9. The van der Waals surface area contributed by atoms with Gasteiger partial charge in [-0.25, -0.2) is 9.48 Å². The topological polar surface area (TPSA) is 68.2 Å². The molecule has 6 heteroatoms. The number of nitrogens with one attached hydrogen (secondary N) is 2. The number of carbonyl (C=O) groups is 1. The summed E-state index contributed by atoms with van der Waals surface area (Å²) in [5.41, 5.74) is 0.954. The number of anilines is 1. The van der Waals surface area contributed by atoms with Crippen LogP contribution >= 0.6 is 0 Å². The molecule has 7 rings (SSSR count). The maximum absolute atomic E-state index is 12.9. The molecule has 158 valence electrons. The van der Waals surface area contributed by atoms with Gasteiger partial charge in [0.2, 0.25) is 0 Å². The smallest absolute Gasteiger partial charge is 0.405 e. The van der Waals surface area contributed by atoms with E-state index < -0.39 is 0 Å². The van der Waals surface area contributed by atoms with Gasteiger partial charge >= 0.3 is 6.09 Å². The fourth-order valence-electron chi connectivity index (χ4n) is 6.48. The van der Waals surface area contributed by atoms with E-state index in [1.54, 1.807) is 6.20 Å². The Kier molecular flexibility index (Phi) is 4.46. The Balaban J connectivity index is 1.20. The summed E-state index contributed by atoms with van der Waals surface area (Å²) in [7, 11) is 0. The highest BCUT2D eigenvalue weighted by atomic mass is 16.6. The van der Waals surface area contributed by atoms with Crippen molar-refractivity contribution in [2.45, 2.75) is 63.5 Å². The Hall–Kier alpha value is -2.50. The molecule has 1 amide bonds. The summed E-state index contributed by atoms with van der Waals surface area (Å²) in [6.07, 6.45) is 11.4. The highest BCUT2D eigenvalue weighted by Crippen LogP contribution is 2.53. The standard InChI is InChI=1S/C24H30N4O2/c29-24(27-22-17-10-15-9-16(12-17)13-18(22)11-15)30-21-14-25-28(20-7-2-1-3-8-20)23(21)26-19-5-4-6-19/h1-3,7-8,14-19,22,26H,4-6,9-13H2,(H,27,29). The first kappa shape index (κ1) is 18.3. The molecule has 6 nitrogen and oxygen atoms in total. The molecule has 5 saturated carbocycles. The zero-order chi connectivity index (χ0) is 20.1. The number of ether oxygens (including phenoxy) is 1. The number of rotatable bonds is 5. The molecule has 5 aliphatic rings. The Morgan fingerprint density at radius 2 is 1.70 bits per heavy atom. The molecule has 5 aliphatic carbocycles. The fourth-order valence-corrected chi connectivity index (χ4v) is 6.48. The van der Waals surface area contributed by atoms with E-state index in [0.717, 1.165) is 36.2 Å². The van der Waals surface area contributed by atoms with Gasteiger partial charge < -0.3 is 15.4 Å². The Morgan fingerprint density at radius 1 is 1.00 bits per heavy atom. The van der Waals surface area contributed by atoms with Crippen LogP contribution < -0.4 is 15.4 Å². The molecule has 2 N–H and O–H groups in total. The number of amides is 1. The van der Waals surface area contributed by atoms with Crippen molar-refractivity contribution in [3.05, 3.63) is 36.5 Å². The molecule has 1 heterocycles. The molecule has 0 saturated heterocycles. The third-order valence-corrected chi connectivity index (χ3v) is 7.90.